The highest BCUT2D eigenvalue weighted by Crippen LogP contribution is 2.29. The summed E-state index contributed by atoms with van der Waals surface area (Å²) in [7, 11) is 1.85. The first kappa shape index (κ1) is 9.65. The second kappa shape index (κ2) is 3.69. The van der Waals surface area contributed by atoms with Gasteiger partial charge < -0.3 is 15.2 Å². The molecule has 0 saturated heterocycles. The molecule has 1 aliphatic rings. The molecule has 1 aromatic carbocycles. The zero-order valence-electron chi connectivity index (χ0n) is 8.29. The largest absolute Gasteiger partial charge is 0.394 e. The third-order valence-electron chi connectivity index (χ3n) is 2.89. The molecular weight excluding hydrogens is 178 g/mol. The summed E-state index contributed by atoms with van der Waals surface area (Å²) in [5.41, 5.74) is 1.88. The van der Waals surface area contributed by atoms with E-state index in [4.69, 9.17) is 4.74 Å². The summed E-state index contributed by atoms with van der Waals surface area (Å²) < 4.78 is 5.47. The molecule has 14 heavy (non-hydrogen) atoms. The summed E-state index contributed by atoms with van der Waals surface area (Å²) in [6, 6.07) is 8.07. The summed E-state index contributed by atoms with van der Waals surface area (Å²) in [6.45, 7) is 1.22. The number of fused-ring (bicyclic) bond motifs is 1. The standard InChI is InChI=1S/C11H15NO2/c1-12-11(7-13)8-14-6-9-4-2-3-5-10(9)11/h2-5,12-13H,6-8H2,1H3. The molecule has 1 aromatic rings. The lowest BCUT2D eigenvalue weighted by atomic mass is 9.86. The Kier molecular flexibility index (Phi) is 2.54. The summed E-state index contributed by atoms with van der Waals surface area (Å²) in [4.78, 5) is 0. The van der Waals surface area contributed by atoms with Crippen molar-refractivity contribution in [3.8, 4) is 0 Å². The minimum absolute atomic E-state index is 0.0561. The lowest BCUT2D eigenvalue weighted by molar-refractivity contribution is 0.0109. The highest BCUT2D eigenvalue weighted by atomic mass is 16.5. The van der Waals surface area contributed by atoms with Crippen LogP contribution in [0.1, 0.15) is 11.1 Å². The van der Waals surface area contributed by atoms with Gasteiger partial charge in [-0.25, -0.2) is 0 Å². The molecule has 0 fully saturated rings. The van der Waals surface area contributed by atoms with E-state index in [9.17, 15) is 5.11 Å². The van der Waals surface area contributed by atoms with Crippen LogP contribution in [-0.4, -0.2) is 25.4 Å². The van der Waals surface area contributed by atoms with Gasteiger partial charge >= 0.3 is 0 Å². The van der Waals surface area contributed by atoms with E-state index >= 15 is 0 Å². The van der Waals surface area contributed by atoms with Crippen LogP contribution in [0.15, 0.2) is 24.3 Å². The molecule has 0 saturated carbocycles. The van der Waals surface area contributed by atoms with Crippen LogP contribution in [0.4, 0.5) is 0 Å². The van der Waals surface area contributed by atoms with Crippen LogP contribution in [0.5, 0.6) is 0 Å². The quantitative estimate of drug-likeness (QED) is 0.723. The fourth-order valence-electron chi connectivity index (χ4n) is 1.94. The van der Waals surface area contributed by atoms with Gasteiger partial charge in [0.2, 0.25) is 0 Å². The Morgan fingerprint density at radius 2 is 2.29 bits per heavy atom. The highest BCUT2D eigenvalue weighted by Gasteiger charge is 2.34. The van der Waals surface area contributed by atoms with E-state index in [1.165, 1.54) is 0 Å². The van der Waals surface area contributed by atoms with Gasteiger partial charge in [0, 0.05) is 0 Å². The molecule has 2 rings (SSSR count). The number of hydrogen-bond acceptors (Lipinski definition) is 3. The Bertz CT molecular complexity index is 321. The Balaban J connectivity index is 2.48. The molecule has 1 unspecified atom stereocenters. The van der Waals surface area contributed by atoms with E-state index in [1.54, 1.807) is 0 Å². The number of ether oxygens (including phenoxy) is 1. The first-order chi connectivity index (χ1) is 6.82. The maximum atomic E-state index is 9.45. The van der Waals surface area contributed by atoms with Crippen molar-refractivity contribution in [2.75, 3.05) is 20.3 Å². The van der Waals surface area contributed by atoms with E-state index < -0.39 is 5.54 Å². The van der Waals surface area contributed by atoms with Crippen LogP contribution in [-0.2, 0) is 16.9 Å². The number of nitrogens with one attached hydrogen (secondary N) is 1. The maximum absolute atomic E-state index is 9.45. The molecule has 3 heteroatoms. The number of likely N-dealkylation sites (N-methyl/N-ethyl adjacent to an activating group) is 1. The molecule has 0 bridgehead atoms. The minimum Gasteiger partial charge on any atom is -0.394 e. The van der Waals surface area contributed by atoms with Crippen molar-refractivity contribution in [2.24, 2.45) is 0 Å². The van der Waals surface area contributed by atoms with Crippen LogP contribution in [0, 0.1) is 0 Å². The Morgan fingerprint density at radius 1 is 1.50 bits per heavy atom. The smallest absolute Gasteiger partial charge is 0.0907 e. The number of hydrogen-bond donors (Lipinski definition) is 2. The molecule has 1 heterocycles. The highest BCUT2D eigenvalue weighted by molar-refractivity contribution is 5.35. The Morgan fingerprint density at radius 3 is 3.00 bits per heavy atom. The Labute approximate surface area is 83.7 Å². The van der Waals surface area contributed by atoms with Crippen molar-refractivity contribution in [1.82, 2.24) is 5.32 Å². The lowest BCUT2D eigenvalue weighted by Crippen LogP contribution is -2.50. The Hall–Kier alpha value is -0.900. The second-order valence-electron chi connectivity index (χ2n) is 3.64. The van der Waals surface area contributed by atoms with Crippen molar-refractivity contribution < 1.29 is 9.84 Å². The van der Waals surface area contributed by atoms with Gasteiger partial charge in [0.05, 0.1) is 25.4 Å². The van der Waals surface area contributed by atoms with E-state index in [-0.39, 0.29) is 6.61 Å². The lowest BCUT2D eigenvalue weighted by Gasteiger charge is -2.37. The van der Waals surface area contributed by atoms with Gasteiger partial charge in [-0.15, -0.1) is 0 Å². The van der Waals surface area contributed by atoms with Crippen molar-refractivity contribution >= 4 is 0 Å². The first-order valence-corrected chi connectivity index (χ1v) is 4.78. The number of benzene rings is 1. The molecule has 1 aliphatic heterocycles. The van der Waals surface area contributed by atoms with Gasteiger partial charge in [-0.1, -0.05) is 24.3 Å². The molecule has 0 aliphatic carbocycles. The third kappa shape index (κ3) is 1.34. The fraction of sp³-hybridized carbons (Fsp3) is 0.455. The molecule has 3 nitrogen and oxygen atoms in total. The van der Waals surface area contributed by atoms with Gasteiger partial charge in [-0.2, -0.15) is 0 Å². The van der Waals surface area contributed by atoms with Crippen molar-refractivity contribution in [1.29, 1.82) is 0 Å². The van der Waals surface area contributed by atoms with E-state index in [0.29, 0.717) is 13.2 Å². The molecule has 0 amide bonds. The average molecular weight is 193 g/mol. The van der Waals surface area contributed by atoms with Crippen LogP contribution >= 0.6 is 0 Å². The van der Waals surface area contributed by atoms with Crippen LogP contribution in [0.3, 0.4) is 0 Å². The predicted molar refractivity (Wildman–Crippen MR) is 53.9 cm³/mol. The number of rotatable bonds is 2. The summed E-state index contributed by atoms with van der Waals surface area (Å²) >= 11 is 0. The number of aliphatic hydroxyl groups is 1. The van der Waals surface area contributed by atoms with Gasteiger partial charge in [0.25, 0.3) is 0 Å². The molecular formula is C11H15NO2. The van der Waals surface area contributed by atoms with Crippen molar-refractivity contribution in [3.63, 3.8) is 0 Å². The van der Waals surface area contributed by atoms with Gasteiger partial charge in [-0.3, -0.25) is 0 Å². The first-order valence-electron chi connectivity index (χ1n) is 4.78. The molecule has 0 aromatic heterocycles. The topological polar surface area (TPSA) is 41.5 Å². The number of aliphatic hydroxyl groups excluding tert-OH is 1. The summed E-state index contributed by atoms with van der Waals surface area (Å²) in [5.74, 6) is 0. The molecule has 1 atom stereocenters. The summed E-state index contributed by atoms with van der Waals surface area (Å²) in [6.07, 6.45) is 0. The van der Waals surface area contributed by atoms with Gasteiger partial charge in [0.15, 0.2) is 0 Å². The summed E-state index contributed by atoms with van der Waals surface area (Å²) in [5, 5.41) is 12.6. The zero-order valence-corrected chi connectivity index (χ0v) is 8.29. The monoisotopic (exact) mass is 193 g/mol. The minimum atomic E-state index is -0.422. The molecule has 0 spiro atoms. The van der Waals surface area contributed by atoms with Gasteiger partial charge in [-0.05, 0) is 18.2 Å². The zero-order chi connectivity index (χ0) is 10.0. The van der Waals surface area contributed by atoms with Crippen LogP contribution in [0.2, 0.25) is 0 Å². The fourth-order valence-corrected chi connectivity index (χ4v) is 1.94. The van der Waals surface area contributed by atoms with E-state index in [1.807, 2.05) is 31.3 Å². The van der Waals surface area contributed by atoms with E-state index in [0.717, 1.165) is 11.1 Å². The molecule has 0 radical (unpaired) electrons. The normalized spacial score (nSPS) is 25.9. The van der Waals surface area contributed by atoms with Gasteiger partial charge in [0.1, 0.15) is 0 Å². The predicted octanol–water partition coefficient (Wildman–Crippen LogP) is 0.624. The maximum Gasteiger partial charge on any atom is 0.0907 e. The molecule has 2 N–H and O–H groups in total. The second-order valence-corrected chi connectivity index (χ2v) is 3.64. The van der Waals surface area contributed by atoms with Crippen LogP contribution < -0.4 is 5.32 Å². The van der Waals surface area contributed by atoms with Crippen LogP contribution in [0.25, 0.3) is 0 Å². The van der Waals surface area contributed by atoms with Crippen molar-refractivity contribution in [2.45, 2.75) is 12.1 Å². The van der Waals surface area contributed by atoms with Crippen molar-refractivity contribution in [3.05, 3.63) is 35.4 Å². The SMILES string of the molecule is CNC1(CO)COCc2ccccc21. The average Bonchev–Trinajstić information content (AvgIpc) is 2.28. The molecule has 76 valence electrons. The van der Waals surface area contributed by atoms with E-state index in [2.05, 4.69) is 5.32 Å². The third-order valence-corrected chi connectivity index (χ3v) is 2.89.